The maximum Gasteiger partial charge on any atom is 0.155 e. The van der Waals surface area contributed by atoms with Crippen LogP contribution in [0, 0.1) is 6.07 Å². The summed E-state index contributed by atoms with van der Waals surface area (Å²) in [6.07, 6.45) is 0. The van der Waals surface area contributed by atoms with E-state index in [2.05, 4.69) is 6.07 Å². The van der Waals surface area contributed by atoms with Crippen LogP contribution in [0.25, 0.3) is 0 Å². The highest BCUT2D eigenvalue weighted by atomic mass is 32.2. The average molecular weight is 198 g/mol. The van der Waals surface area contributed by atoms with E-state index in [9.17, 15) is 8.42 Å². The second kappa shape index (κ2) is 4.39. The van der Waals surface area contributed by atoms with Crippen LogP contribution in [0.3, 0.4) is 0 Å². The molecule has 1 aromatic carbocycles. The maximum atomic E-state index is 11.3. The molecule has 71 valence electrons. The first kappa shape index (κ1) is 10.2. The van der Waals surface area contributed by atoms with Crippen molar-refractivity contribution < 1.29 is 8.42 Å². The Morgan fingerprint density at radius 2 is 1.92 bits per heavy atom. The Morgan fingerprint density at radius 1 is 1.31 bits per heavy atom. The van der Waals surface area contributed by atoms with E-state index in [1.807, 2.05) is 0 Å². The molecule has 3 nitrogen and oxygen atoms in total. The van der Waals surface area contributed by atoms with Gasteiger partial charge in [0.1, 0.15) is 0 Å². The van der Waals surface area contributed by atoms with Crippen LogP contribution in [0.15, 0.2) is 24.3 Å². The molecule has 0 heterocycles. The molecule has 1 rings (SSSR count). The summed E-state index contributed by atoms with van der Waals surface area (Å²) in [5.41, 5.74) is 5.97. The first-order valence-corrected chi connectivity index (χ1v) is 5.82. The fourth-order valence-corrected chi connectivity index (χ4v) is 2.23. The van der Waals surface area contributed by atoms with Crippen molar-refractivity contribution in [3.8, 4) is 0 Å². The Morgan fingerprint density at radius 3 is 2.46 bits per heavy atom. The number of hydrogen-bond acceptors (Lipinski definition) is 3. The summed E-state index contributed by atoms with van der Waals surface area (Å²) >= 11 is 0. The lowest BCUT2D eigenvalue weighted by molar-refractivity contribution is 0.595. The van der Waals surface area contributed by atoms with Gasteiger partial charge < -0.3 is 5.73 Å². The molecular formula is C9H12NO2S. The van der Waals surface area contributed by atoms with Gasteiger partial charge in [-0.1, -0.05) is 24.3 Å². The van der Waals surface area contributed by atoms with Crippen molar-refractivity contribution in [3.63, 3.8) is 0 Å². The number of hydrogen-bond donors (Lipinski definition) is 1. The first-order chi connectivity index (χ1) is 6.14. The van der Waals surface area contributed by atoms with Crippen LogP contribution in [0.4, 0.5) is 0 Å². The fourth-order valence-electron chi connectivity index (χ4n) is 1.02. The Labute approximate surface area is 78.5 Å². The SMILES string of the molecule is NCCS(=O)(=O)Cc1cc[c]cc1. The van der Waals surface area contributed by atoms with E-state index in [4.69, 9.17) is 5.73 Å². The van der Waals surface area contributed by atoms with Crippen LogP contribution in [0.2, 0.25) is 0 Å². The zero-order valence-corrected chi connectivity index (χ0v) is 8.05. The van der Waals surface area contributed by atoms with Crippen molar-refractivity contribution in [2.45, 2.75) is 5.75 Å². The fraction of sp³-hybridized carbons (Fsp3) is 0.333. The van der Waals surface area contributed by atoms with Crippen molar-refractivity contribution in [1.29, 1.82) is 0 Å². The second-order valence-electron chi connectivity index (χ2n) is 2.79. The summed E-state index contributed by atoms with van der Waals surface area (Å²) in [6, 6.07) is 9.72. The molecule has 1 aromatic rings. The van der Waals surface area contributed by atoms with E-state index < -0.39 is 9.84 Å². The maximum absolute atomic E-state index is 11.3. The predicted molar refractivity (Wildman–Crippen MR) is 51.8 cm³/mol. The van der Waals surface area contributed by atoms with E-state index in [1.165, 1.54) is 0 Å². The Balaban J connectivity index is 2.70. The molecule has 0 aliphatic carbocycles. The molecule has 0 aliphatic heterocycles. The summed E-state index contributed by atoms with van der Waals surface area (Å²) in [5, 5.41) is 0. The van der Waals surface area contributed by atoms with Crippen LogP contribution < -0.4 is 5.73 Å². The molecule has 0 saturated heterocycles. The highest BCUT2D eigenvalue weighted by Crippen LogP contribution is 2.04. The first-order valence-electron chi connectivity index (χ1n) is 3.99. The summed E-state index contributed by atoms with van der Waals surface area (Å²) in [7, 11) is -3.02. The van der Waals surface area contributed by atoms with Gasteiger partial charge in [-0.2, -0.15) is 0 Å². The van der Waals surface area contributed by atoms with Gasteiger partial charge in [-0.3, -0.25) is 0 Å². The van der Waals surface area contributed by atoms with Crippen molar-refractivity contribution in [2.24, 2.45) is 5.73 Å². The van der Waals surface area contributed by atoms with E-state index in [0.717, 1.165) is 5.56 Å². The summed E-state index contributed by atoms with van der Waals surface area (Å²) < 4.78 is 22.6. The van der Waals surface area contributed by atoms with Gasteiger partial charge in [0, 0.05) is 6.54 Å². The molecule has 0 saturated carbocycles. The van der Waals surface area contributed by atoms with Crippen molar-refractivity contribution >= 4 is 9.84 Å². The Bertz CT molecular complexity index is 345. The molecule has 2 N–H and O–H groups in total. The molecule has 0 fully saturated rings. The monoisotopic (exact) mass is 198 g/mol. The lowest BCUT2D eigenvalue weighted by Gasteiger charge is -2.01. The van der Waals surface area contributed by atoms with Crippen molar-refractivity contribution in [1.82, 2.24) is 0 Å². The van der Waals surface area contributed by atoms with E-state index in [1.54, 1.807) is 24.3 Å². The van der Waals surface area contributed by atoms with Crippen LogP contribution in [0.5, 0.6) is 0 Å². The van der Waals surface area contributed by atoms with Crippen LogP contribution in [-0.4, -0.2) is 20.7 Å². The Hall–Kier alpha value is -0.870. The molecule has 0 unspecified atom stereocenters. The third-order valence-corrected chi connectivity index (χ3v) is 3.23. The van der Waals surface area contributed by atoms with Gasteiger partial charge in [0.2, 0.25) is 0 Å². The molecule has 0 aliphatic rings. The standard InChI is InChI=1S/C9H12NO2S/c10-6-7-13(11,12)8-9-4-2-1-3-5-9/h2-5H,6-8,10H2. The average Bonchev–Trinajstić information content (AvgIpc) is 2.04. The summed E-state index contributed by atoms with van der Waals surface area (Å²) in [5.74, 6) is 0.116. The molecular weight excluding hydrogens is 186 g/mol. The molecule has 0 atom stereocenters. The predicted octanol–water partition coefficient (Wildman–Crippen LogP) is 0.360. The smallest absolute Gasteiger partial charge is 0.155 e. The van der Waals surface area contributed by atoms with Crippen molar-refractivity contribution in [2.75, 3.05) is 12.3 Å². The van der Waals surface area contributed by atoms with Gasteiger partial charge in [-0.05, 0) is 11.6 Å². The zero-order chi connectivity index (χ0) is 9.73. The van der Waals surface area contributed by atoms with Gasteiger partial charge in [-0.25, -0.2) is 8.42 Å². The highest BCUT2D eigenvalue weighted by Gasteiger charge is 2.09. The molecule has 0 spiro atoms. The molecule has 0 aromatic heterocycles. The summed E-state index contributed by atoms with van der Waals surface area (Å²) in [6.45, 7) is 0.182. The van der Waals surface area contributed by atoms with Gasteiger partial charge in [-0.15, -0.1) is 0 Å². The minimum absolute atomic E-state index is 0.0472. The Kier molecular flexibility index (Phi) is 3.45. The van der Waals surface area contributed by atoms with E-state index >= 15 is 0 Å². The summed E-state index contributed by atoms with van der Waals surface area (Å²) in [4.78, 5) is 0. The largest absolute Gasteiger partial charge is 0.329 e. The third-order valence-electron chi connectivity index (χ3n) is 1.60. The van der Waals surface area contributed by atoms with Gasteiger partial charge in [0.25, 0.3) is 0 Å². The molecule has 4 heteroatoms. The number of sulfone groups is 1. The van der Waals surface area contributed by atoms with E-state index in [-0.39, 0.29) is 18.1 Å². The highest BCUT2D eigenvalue weighted by molar-refractivity contribution is 7.90. The normalized spacial score (nSPS) is 11.5. The van der Waals surface area contributed by atoms with Gasteiger partial charge in [0.15, 0.2) is 9.84 Å². The number of nitrogens with two attached hydrogens (primary N) is 1. The lowest BCUT2D eigenvalue weighted by atomic mass is 10.2. The van der Waals surface area contributed by atoms with E-state index in [0.29, 0.717) is 0 Å². The zero-order valence-electron chi connectivity index (χ0n) is 7.23. The van der Waals surface area contributed by atoms with Crippen LogP contribution >= 0.6 is 0 Å². The quantitative estimate of drug-likeness (QED) is 0.760. The molecule has 0 bridgehead atoms. The second-order valence-corrected chi connectivity index (χ2v) is 4.97. The number of rotatable bonds is 4. The van der Waals surface area contributed by atoms with Crippen LogP contribution in [0.1, 0.15) is 5.56 Å². The number of benzene rings is 1. The minimum Gasteiger partial charge on any atom is -0.329 e. The van der Waals surface area contributed by atoms with Crippen LogP contribution in [-0.2, 0) is 15.6 Å². The van der Waals surface area contributed by atoms with Gasteiger partial charge >= 0.3 is 0 Å². The van der Waals surface area contributed by atoms with Crippen molar-refractivity contribution in [3.05, 3.63) is 35.9 Å². The minimum atomic E-state index is -3.02. The molecule has 1 radical (unpaired) electrons. The lowest BCUT2D eigenvalue weighted by Crippen LogP contribution is -2.17. The molecule has 13 heavy (non-hydrogen) atoms. The molecule has 0 amide bonds. The topological polar surface area (TPSA) is 60.2 Å². The van der Waals surface area contributed by atoms with Gasteiger partial charge in [0.05, 0.1) is 11.5 Å². The third kappa shape index (κ3) is 3.57.